The van der Waals surface area contributed by atoms with E-state index < -0.39 is 43.2 Å². The van der Waals surface area contributed by atoms with Crippen LogP contribution in [0.1, 0.15) is 0 Å². The molecule has 12 heteroatoms. The Hall–Kier alpha value is -1.27. The first-order valence-corrected chi connectivity index (χ1v) is 6.58. The summed E-state index contributed by atoms with van der Waals surface area (Å²) < 4.78 is 74.2. The van der Waals surface area contributed by atoms with Crippen LogP contribution in [-0.4, -0.2) is 32.3 Å². The molecule has 0 spiro atoms. The summed E-state index contributed by atoms with van der Waals surface area (Å²) in [7, 11) is -4.74. The lowest BCUT2D eigenvalue weighted by Gasteiger charge is -2.14. The summed E-state index contributed by atoms with van der Waals surface area (Å²) in [6, 6.07) is 1.59. The molecule has 0 radical (unpaired) electrons. The smallest absolute Gasteiger partial charge is 0.259 e. The maximum atomic E-state index is 12.5. The lowest BCUT2D eigenvalue weighted by molar-refractivity contribution is -0.380. The van der Waals surface area contributed by atoms with Crippen LogP contribution < -0.4 is 0 Å². The van der Waals surface area contributed by atoms with E-state index in [1.807, 2.05) is 0 Å². The zero-order valence-electron chi connectivity index (χ0n) is 8.76. The second-order valence-electron chi connectivity index (χ2n) is 3.13. The van der Waals surface area contributed by atoms with Crippen LogP contribution in [0.5, 0.6) is 0 Å². The molecule has 108 valence electrons. The van der Waals surface area contributed by atoms with Gasteiger partial charge in [0.25, 0.3) is 0 Å². The summed E-state index contributed by atoms with van der Waals surface area (Å²) in [6.45, 7) is -2.04. The van der Waals surface area contributed by atoms with Gasteiger partial charge in [0.1, 0.15) is 6.61 Å². The average molecular weight is 323 g/mol. The third kappa shape index (κ3) is 3.84. The molecule has 1 rings (SSSR count). The molecule has 0 saturated heterocycles. The van der Waals surface area contributed by atoms with Crippen LogP contribution in [0.3, 0.4) is 0 Å². The summed E-state index contributed by atoms with van der Waals surface area (Å²) in [6.07, 6.45) is -4.08. The van der Waals surface area contributed by atoms with Gasteiger partial charge >= 0.3 is 27.5 Å². The first-order chi connectivity index (χ1) is 8.56. The molecule has 1 aromatic rings. The minimum absolute atomic E-state index is 0.162. The normalized spacial score (nSPS) is 12.9. The van der Waals surface area contributed by atoms with Crippen LogP contribution >= 0.6 is 11.3 Å². The highest BCUT2D eigenvalue weighted by Gasteiger charge is 2.43. The molecule has 0 aliphatic heterocycles. The highest BCUT2D eigenvalue weighted by Crippen LogP contribution is 2.30. The number of alkyl halides is 4. The van der Waals surface area contributed by atoms with E-state index in [0.717, 1.165) is 12.1 Å². The molecule has 0 aliphatic carbocycles. The molecule has 0 aliphatic rings. The van der Waals surface area contributed by atoms with Crippen molar-refractivity contribution in [2.45, 2.75) is 16.6 Å². The number of nitro groups is 1. The Morgan fingerprint density at radius 2 is 2.00 bits per heavy atom. The molecule has 0 N–H and O–H groups in total. The number of rotatable bonds is 6. The molecule has 0 aromatic carbocycles. The van der Waals surface area contributed by atoms with E-state index in [9.17, 15) is 36.1 Å². The predicted octanol–water partition coefficient (Wildman–Crippen LogP) is 2.26. The molecule has 6 nitrogen and oxygen atoms in total. The zero-order valence-corrected chi connectivity index (χ0v) is 10.4. The molecule has 1 aromatic heterocycles. The van der Waals surface area contributed by atoms with Crippen molar-refractivity contribution in [3.05, 3.63) is 22.2 Å². The molecule has 0 amide bonds. The topological polar surface area (TPSA) is 86.5 Å². The Morgan fingerprint density at radius 1 is 1.42 bits per heavy atom. The Morgan fingerprint density at radius 3 is 2.42 bits per heavy atom. The first-order valence-electron chi connectivity index (χ1n) is 4.36. The SMILES string of the molecule is O=[N+]([O-])c1ccc(S(=O)(=O)OCC(F)(F)C(F)F)s1. The van der Waals surface area contributed by atoms with Crippen molar-refractivity contribution in [3.63, 3.8) is 0 Å². The minimum Gasteiger partial charge on any atom is -0.259 e. The minimum atomic E-state index is -4.74. The van der Waals surface area contributed by atoms with Crippen molar-refractivity contribution in [1.29, 1.82) is 0 Å². The molecular weight excluding hydrogens is 318 g/mol. The van der Waals surface area contributed by atoms with Gasteiger partial charge in [-0.3, -0.25) is 14.3 Å². The van der Waals surface area contributed by atoms with Gasteiger partial charge in [-0.1, -0.05) is 0 Å². The standard InChI is InChI=1S/C7H5F4NO5S2/c8-6(9)7(10,11)3-17-19(15,16)5-2-1-4(18-5)12(13)14/h1-2,6H,3H2. The van der Waals surface area contributed by atoms with E-state index >= 15 is 0 Å². The van der Waals surface area contributed by atoms with Gasteiger partial charge in [0.15, 0.2) is 4.21 Å². The van der Waals surface area contributed by atoms with Crippen LogP contribution in [0, 0.1) is 10.1 Å². The maximum Gasteiger partial charge on any atom is 0.331 e. The van der Waals surface area contributed by atoms with Crippen LogP contribution in [0.15, 0.2) is 16.3 Å². The van der Waals surface area contributed by atoms with E-state index in [1.54, 1.807) is 0 Å². The Kier molecular flexibility index (Phi) is 4.47. The number of nitrogens with zero attached hydrogens (tertiary/aromatic N) is 1. The monoisotopic (exact) mass is 323 g/mol. The van der Waals surface area contributed by atoms with Gasteiger partial charge in [-0.2, -0.15) is 17.2 Å². The summed E-state index contributed by atoms with van der Waals surface area (Å²) in [5, 5.41) is 9.76. The summed E-state index contributed by atoms with van der Waals surface area (Å²) >= 11 is 0.162. The van der Waals surface area contributed by atoms with Crippen molar-refractivity contribution >= 4 is 26.5 Å². The number of thiophene rings is 1. The fourth-order valence-corrected chi connectivity index (χ4v) is 2.84. The molecule has 0 fully saturated rings. The van der Waals surface area contributed by atoms with Gasteiger partial charge < -0.3 is 0 Å². The molecular formula is C7H5F4NO5S2. The maximum absolute atomic E-state index is 12.5. The lowest BCUT2D eigenvalue weighted by atomic mass is 10.4. The fraction of sp³-hybridized carbons (Fsp3) is 0.429. The quantitative estimate of drug-likeness (QED) is 0.347. The third-order valence-electron chi connectivity index (χ3n) is 1.72. The van der Waals surface area contributed by atoms with Crippen LogP contribution in [0.4, 0.5) is 22.6 Å². The largest absolute Gasteiger partial charge is 0.331 e. The van der Waals surface area contributed by atoms with Crippen molar-refractivity contribution in [1.82, 2.24) is 0 Å². The summed E-state index contributed by atoms with van der Waals surface area (Å²) in [5.74, 6) is -4.63. The predicted molar refractivity (Wildman–Crippen MR) is 55.1 cm³/mol. The number of hydrogen-bond donors (Lipinski definition) is 0. The van der Waals surface area contributed by atoms with Gasteiger partial charge in [-0.15, -0.1) is 0 Å². The molecule has 0 bridgehead atoms. The van der Waals surface area contributed by atoms with E-state index in [2.05, 4.69) is 4.18 Å². The van der Waals surface area contributed by atoms with Crippen molar-refractivity contribution in [2.24, 2.45) is 0 Å². The molecule has 0 unspecified atom stereocenters. The van der Waals surface area contributed by atoms with Crippen molar-refractivity contribution in [3.8, 4) is 0 Å². The third-order valence-corrected chi connectivity index (χ3v) is 4.47. The Labute approximate surface area is 107 Å². The van der Waals surface area contributed by atoms with Gasteiger partial charge in [0.2, 0.25) is 0 Å². The number of hydrogen-bond acceptors (Lipinski definition) is 6. The van der Waals surface area contributed by atoms with Crippen molar-refractivity contribution < 1.29 is 35.1 Å². The molecule has 19 heavy (non-hydrogen) atoms. The lowest BCUT2D eigenvalue weighted by Crippen LogP contribution is -2.33. The van der Waals surface area contributed by atoms with E-state index in [0.29, 0.717) is 0 Å². The molecule has 0 saturated carbocycles. The highest BCUT2D eigenvalue weighted by molar-refractivity contribution is 7.89. The van der Waals surface area contributed by atoms with Crippen LogP contribution in [0.2, 0.25) is 0 Å². The van der Waals surface area contributed by atoms with Gasteiger partial charge in [-0.25, -0.2) is 8.78 Å². The van der Waals surface area contributed by atoms with E-state index in [1.165, 1.54) is 0 Å². The van der Waals surface area contributed by atoms with Crippen LogP contribution in [0.25, 0.3) is 0 Å². The van der Waals surface area contributed by atoms with Gasteiger partial charge in [-0.05, 0) is 17.4 Å². The molecule has 1 heterocycles. The second-order valence-corrected chi connectivity index (χ2v) is 6.03. The number of halogens is 4. The Balaban J connectivity index is 2.84. The average Bonchev–Trinajstić information content (AvgIpc) is 2.76. The second kappa shape index (κ2) is 5.38. The first kappa shape index (κ1) is 15.8. The highest BCUT2D eigenvalue weighted by atomic mass is 32.3. The fourth-order valence-electron chi connectivity index (χ4n) is 0.820. The summed E-state index contributed by atoms with van der Waals surface area (Å²) in [5.41, 5.74) is 0. The van der Waals surface area contributed by atoms with Crippen molar-refractivity contribution in [2.75, 3.05) is 6.61 Å². The summed E-state index contributed by atoms with van der Waals surface area (Å²) in [4.78, 5) is 9.42. The van der Waals surface area contributed by atoms with E-state index in [4.69, 9.17) is 0 Å². The Bertz CT molecular complexity index is 570. The zero-order chi connectivity index (χ0) is 14.8. The van der Waals surface area contributed by atoms with E-state index in [-0.39, 0.29) is 11.3 Å². The molecule has 0 atom stereocenters. The van der Waals surface area contributed by atoms with Gasteiger partial charge in [0, 0.05) is 6.07 Å². The van der Waals surface area contributed by atoms with Gasteiger partial charge in [0.05, 0.1) is 4.92 Å². The van der Waals surface area contributed by atoms with Crippen LogP contribution in [-0.2, 0) is 14.3 Å².